The Morgan fingerprint density at radius 2 is 1.76 bits per heavy atom. The normalized spacial score (nSPS) is 16.2. The Labute approximate surface area is 219 Å². The lowest BCUT2D eigenvalue weighted by atomic mass is 10.0. The second-order valence-electron chi connectivity index (χ2n) is 9.52. The van der Waals surface area contributed by atoms with Gasteiger partial charge in [0.1, 0.15) is 6.04 Å². The maximum absolute atomic E-state index is 13.9. The van der Waals surface area contributed by atoms with Crippen LogP contribution in [0.4, 0.5) is 5.69 Å². The molecule has 2 heterocycles. The molecule has 1 aliphatic rings. The third kappa shape index (κ3) is 7.22. The van der Waals surface area contributed by atoms with Crippen LogP contribution in [-0.2, 0) is 14.4 Å². The van der Waals surface area contributed by atoms with Crippen LogP contribution in [0.1, 0.15) is 52.3 Å². The molecule has 0 aliphatic carbocycles. The molecule has 0 saturated carbocycles. The number of anilines is 1. The largest absolute Gasteiger partial charge is 0.345 e. The highest BCUT2D eigenvalue weighted by Gasteiger charge is 2.34. The molecule has 2 atom stereocenters. The van der Waals surface area contributed by atoms with E-state index in [4.69, 9.17) is 4.99 Å². The third-order valence-corrected chi connectivity index (χ3v) is 6.29. The molecule has 1 aliphatic heterocycles. The molecule has 198 valence electrons. The van der Waals surface area contributed by atoms with E-state index in [1.54, 1.807) is 18.0 Å². The minimum Gasteiger partial charge on any atom is -0.345 e. The molecule has 0 fully saturated rings. The number of benzodiazepines with no additional fused rings is 1. The van der Waals surface area contributed by atoms with Crippen LogP contribution >= 0.6 is 0 Å². The smallest absolute Gasteiger partial charge is 0.272 e. The molecule has 1 unspecified atom stereocenters. The summed E-state index contributed by atoms with van der Waals surface area (Å²) in [5.41, 5.74) is 2.62. The molecule has 0 saturated heterocycles. The van der Waals surface area contributed by atoms with Crippen LogP contribution in [0.15, 0.2) is 53.7 Å². The molecule has 0 spiro atoms. The van der Waals surface area contributed by atoms with E-state index in [1.807, 2.05) is 56.3 Å². The van der Waals surface area contributed by atoms with Crippen molar-refractivity contribution in [2.75, 3.05) is 31.1 Å². The van der Waals surface area contributed by atoms with Crippen molar-refractivity contribution in [2.45, 2.75) is 53.2 Å². The number of nitrogens with zero attached hydrogens (tertiary/aromatic N) is 4. The van der Waals surface area contributed by atoms with Gasteiger partial charge in [-0.1, -0.05) is 52.0 Å². The van der Waals surface area contributed by atoms with Gasteiger partial charge in [0, 0.05) is 31.3 Å². The van der Waals surface area contributed by atoms with E-state index < -0.39 is 18.1 Å². The molecule has 2 aromatic rings. The second kappa shape index (κ2) is 13.1. The molecule has 37 heavy (non-hydrogen) atoms. The number of carbonyl (C=O) groups excluding carboxylic acids is 3. The average Bonchev–Trinajstić information content (AvgIpc) is 2.99. The predicted octanol–water partition coefficient (Wildman–Crippen LogP) is 2.60. The van der Waals surface area contributed by atoms with E-state index in [-0.39, 0.29) is 17.7 Å². The van der Waals surface area contributed by atoms with Crippen molar-refractivity contribution < 1.29 is 14.4 Å². The fraction of sp³-hybridized carbons (Fsp3) is 0.464. The Kier molecular flexibility index (Phi) is 9.91. The number of carbonyl (C=O) groups is 3. The molecule has 1 aromatic heterocycles. The lowest BCUT2D eigenvalue weighted by Crippen LogP contribution is -2.53. The van der Waals surface area contributed by atoms with Gasteiger partial charge in [0.05, 0.1) is 17.1 Å². The Balaban J connectivity index is 1.97. The average molecular weight is 507 g/mol. The number of para-hydroxylation sites is 1. The lowest BCUT2D eigenvalue weighted by molar-refractivity contribution is -0.131. The number of rotatable bonds is 11. The number of aliphatic imine (C=N–C) groups is 1. The van der Waals surface area contributed by atoms with Crippen molar-refractivity contribution in [3.8, 4) is 0 Å². The number of nitrogens with one attached hydrogen (secondary N) is 2. The second-order valence-corrected chi connectivity index (χ2v) is 9.52. The maximum atomic E-state index is 13.9. The van der Waals surface area contributed by atoms with Crippen LogP contribution in [0.3, 0.4) is 0 Å². The standard InChI is InChI=1S/C28H38N6O3/c1-6-33(7-2)16-17-34-23-14-9-8-12-21(23)25(22-13-10-11-15-29-22)31-26(28(34)37)32-27(36)20(5)30-24(35)18-19(3)4/h8-15,19-20,26H,6-7,16-18H2,1-5H3,(H,30,35)(H,32,36)/t20-,26?/m0/s1. The topological polar surface area (TPSA) is 107 Å². The Morgan fingerprint density at radius 3 is 2.41 bits per heavy atom. The number of hydrogen-bond donors (Lipinski definition) is 2. The van der Waals surface area contributed by atoms with Gasteiger partial charge in [-0.15, -0.1) is 0 Å². The van der Waals surface area contributed by atoms with Crippen LogP contribution in [0, 0.1) is 5.92 Å². The van der Waals surface area contributed by atoms with Crippen molar-refractivity contribution >= 4 is 29.1 Å². The highest BCUT2D eigenvalue weighted by Crippen LogP contribution is 2.27. The van der Waals surface area contributed by atoms with Crippen molar-refractivity contribution in [3.63, 3.8) is 0 Å². The fourth-order valence-corrected chi connectivity index (χ4v) is 4.24. The van der Waals surface area contributed by atoms with Crippen LogP contribution in [-0.4, -0.2) is 71.7 Å². The summed E-state index contributed by atoms with van der Waals surface area (Å²) in [6.07, 6.45) is 0.819. The van der Waals surface area contributed by atoms with E-state index >= 15 is 0 Å². The molecule has 2 N–H and O–H groups in total. The Hall–Kier alpha value is -3.59. The fourth-order valence-electron chi connectivity index (χ4n) is 4.24. The Bertz CT molecular complexity index is 1110. The number of amides is 3. The van der Waals surface area contributed by atoms with Crippen LogP contribution in [0.25, 0.3) is 0 Å². The number of fused-ring (bicyclic) bond motifs is 1. The summed E-state index contributed by atoms with van der Waals surface area (Å²) in [6.45, 7) is 12.5. The van der Waals surface area contributed by atoms with E-state index in [2.05, 4.69) is 34.4 Å². The summed E-state index contributed by atoms with van der Waals surface area (Å²) in [4.78, 5) is 52.3. The summed E-state index contributed by atoms with van der Waals surface area (Å²) < 4.78 is 0. The molecule has 9 nitrogen and oxygen atoms in total. The first-order chi connectivity index (χ1) is 17.7. The zero-order chi connectivity index (χ0) is 26.9. The minimum absolute atomic E-state index is 0.169. The summed E-state index contributed by atoms with van der Waals surface area (Å²) in [6, 6.07) is 12.3. The van der Waals surface area contributed by atoms with Gasteiger partial charge in [0.25, 0.3) is 5.91 Å². The van der Waals surface area contributed by atoms with Crippen molar-refractivity contribution in [2.24, 2.45) is 10.9 Å². The van der Waals surface area contributed by atoms with Gasteiger partial charge in [-0.3, -0.25) is 19.4 Å². The maximum Gasteiger partial charge on any atom is 0.272 e. The summed E-state index contributed by atoms with van der Waals surface area (Å²) in [5, 5.41) is 5.49. The zero-order valence-electron chi connectivity index (χ0n) is 22.4. The first-order valence-electron chi connectivity index (χ1n) is 13.0. The molecular weight excluding hydrogens is 468 g/mol. The quantitative estimate of drug-likeness (QED) is 0.487. The van der Waals surface area contributed by atoms with Crippen molar-refractivity contribution in [1.82, 2.24) is 20.5 Å². The molecule has 3 amide bonds. The SMILES string of the molecule is CCN(CC)CCN1C(=O)C(NC(=O)[C@H](C)NC(=O)CC(C)C)N=C(c2ccccn2)c2ccccc21. The lowest BCUT2D eigenvalue weighted by Gasteiger charge is -2.28. The van der Waals surface area contributed by atoms with Gasteiger partial charge in [0.2, 0.25) is 18.0 Å². The number of likely N-dealkylation sites (N-methyl/N-ethyl adjacent to an activating group) is 1. The van der Waals surface area contributed by atoms with Gasteiger partial charge < -0.3 is 20.4 Å². The first kappa shape index (κ1) is 28.0. The third-order valence-electron chi connectivity index (χ3n) is 6.29. The highest BCUT2D eigenvalue weighted by molar-refractivity contribution is 6.19. The highest BCUT2D eigenvalue weighted by atomic mass is 16.2. The van der Waals surface area contributed by atoms with Crippen LogP contribution in [0.5, 0.6) is 0 Å². The van der Waals surface area contributed by atoms with Crippen LogP contribution in [0.2, 0.25) is 0 Å². The summed E-state index contributed by atoms with van der Waals surface area (Å²) >= 11 is 0. The van der Waals surface area contributed by atoms with Gasteiger partial charge in [-0.05, 0) is 44.1 Å². The first-order valence-corrected chi connectivity index (χ1v) is 13.0. The molecule has 0 radical (unpaired) electrons. The number of aromatic nitrogens is 1. The predicted molar refractivity (Wildman–Crippen MR) is 145 cm³/mol. The van der Waals surface area contributed by atoms with Gasteiger partial charge in [-0.25, -0.2) is 4.99 Å². The zero-order valence-corrected chi connectivity index (χ0v) is 22.4. The summed E-state index contributed by atoms with van der Waals surface area (Å²) in [7, 11) is 0. The Morgan fingerprint density at radius 1 is 1.05 bits per heavy atom. The van der Waals surface area contributed by atoms with Crippen molar-refractivity contribution in [3.05, 3.63) is 59.9 Å². The molecule has 9 heteroatoms. The van der Waals surface area contributed by atoms with E-state index in [0.717, 1.165) is 24.3 Å². The molecule has 1 aromatic carbocycles. The van der Waals surface area contributed by atoms with Crippen LogP contribution < -0.4 is 15.5 Å². The van der Waals surface area contributed by atoms with E-state index in [1.165, 1.54) is 0 Å². The monoisotopic (exact) mass is 506 g/mol. The number of pyridine rings is 1. The molecule has 3 rings (SSSR count). The molecule has 0 bridgehead atoms. The van der Waals surface area contributed by atoms with Gasteiger partial charge in [0.15, 0.2) is 0 Å². The van der Waals surface area contributed by atoms with Crippen molar-refractivity contribution in [1.29, 1.82) is 0 Å². The van der Waals surface area contributed by atoms with Gasteiger partial charge >= 0.3 is 0 Å². The molecular formula is C28H38N6O3. The minimum atomic E-state index is -1.17. The van der Waals surface area contributed by atoms with E-state index in [9.17, 15) is 14.4 Å². The number of benzene rings is 1. The van der Waals surface area contributed by atoms with E-state index in [0.29, 0.717) is 30.9 Å². The van der Waals surface area contributed by atoms with Gasteiger partial charge in [-0.2, -0.15) is 0 Å². The summed E-state index contributed by atoms with van der Waals surface area (Å²) in [5.74, 6) is -0.855. The number of hydrogen-bond acceptors (Lipinski definition) is 6.